The summed E-state index contributed by atoms with van der Waals surface area (Å²) in [5.41, 5.74) is 2.92. The summed E-state index contributed by atoms with van der Waals surface area (Å²) < 4.78 is 8.38. The number of aromatic nitrogens is 2. The molecule has 3 nitrogen and oxygen atoms in total. The van der Waals surface area contributed by atoms with E-state index in [0.29, 0.717) is 0 Å². The minimum atomic E-state index is -0.192. The van der Waals surface area contributed by atoms with Gasteiger partial charge in [-0.05, 0) is 37.3 Å². The highest BCUT2D eigenvalue weighted by Gasteiger charge is 2.16. The number of methoxy groups -OCH3 is 1. The molecular weight excluding hydrogens is 352 g/mol. The van der Waals surface area contributed by atoms with Gasteiger partial charge in [-0.3, -0.25) is 4.57 Å². The highest BCUT2D eigenvalue weighted by Crippen LogP contribution is 2.30. The molecule has 0 aliphatic heterocycles. The van der Waals surface area contributed by atoms with Crippen molar-refractivity contribution in [2.24, 2.45) is 0 Å². The number of ether oxygens (including phenoxy) is 1. The van der Waals surface area contributed by atoms with Crippen LogP contribution in [0.25, 0.3) is 16.7 Å². The van der Waals surface area contributed by atoms with Crippen molar-refractivity contribution in [3.8, 4) is 11.4 Å². The molecule has 3 aromatic rings. The Morgan fingerprint density at radius 2 is 2.05 bits per heavy atom. The smallest absolute Gasteiger partial charge is 0.132 e. The van der Waals surface area contributed by atoms with Crippen LogP contribution in [0.15, 0.2) is 46.9 Å². The lowest BCUT2D eigenvalue weighted by Crippen LogP contribution is -2.02. The van der Waals surface area contributed by atoms with Crippen molar-refractivity contribution in [3.63, 3.8) is 0 Å². The van der Waals surface area contributed by atoms with E-state index in [1.165, 1.54) is 0 Å². The van der Waals surface area contributed by atoms with Crippen molar-refractivity contribution in [1.82, 2.24) is 9.55 Å². The third kappa shape index (κ3) is 2.65. The van der Waals surface area contributed by atoms with Crippen molar-refractivity contribution in [1.29, 1.82) is 0 Å². The number of imidazole rings is 1. The van der Waals surface area contributed by atoms with E-state index in [1.54, 1.807) is 7.11 Å². The van der Waals surface area contributed by atoms with Gasteiger partial charge in [0.15, 0.2) is 0 Å². The Morgan fingerprint density at radius 1 is 1.24 bits per heavy atom. The molecule has 108 valence electrons. The first-order chi connectivity index (χ1) is 10.1. The average molecular weight is 366 g/mol. The molecule has 0 saturated carbocycles. The molecule has 0 bridgehead atoms. The van der Waals surface area contributed by atoms with Gasteiger partial charge in [-0.1, -0.05) is 22.0 Å². The van der Waals surface area contributed by atoms with E-state index in [9.17, 15) is 0 Å². The van der Waals surface area contributed by atoms with Crippen LogP contribution < -0.4 is 4.74 Å². The third-order valence-corrected chi connectivity index (χ3v) is 4.00. The number of hydrogen-bond acceptors (Lipinski definition) is 2. The van der Waals surface area contributed by atoms with Crippen LogP contribution in [0, 0.1) is 0 Å². The Kier molecular flexibility index (Phi) is 3.91. The molecule has 1 heterocycles. The Bertz CT molecular complexity index is 798. The number of hydrogen-bond donors (Lipinski definition) is 0. The molecule has 1 unspecified atom stereocenters. The topological polar surface area (TPSA) is 27.1 Å². The van der Waals surface area contributed by atoms with Gasteiger partial charge in [0.1, 0.15) is 11.6 Å². The van der Waals surface area contributed by atoms with E-state index in [-0.39, 0.29) is 5.38 Å². The van der Waals surface area contributed by atoms with Crippen molar-refractivity contribution < 1.29 is 4.74 Å². The van der Waals surface area contributed by atoms with Crippen molar-refractivity contribution in [3.05, 3.63) is 52.8 Å². The fraction of sp³-hybridized carbons (Fsp3) is 0.188. The van der Waals surface area contributed by atoms with E-state index in [2.05, 4.69) is 25.5 Å². The monoisotopic (exact) mass is 364 g/mol. The van der Waals surface area contributed by atoms with E-state index in [4.69, 9.17) is 16.3 Å². The zero-order chi connectivity index (χ0) is 15.0. The molecule has 5 heteroatoms. The summed E-state index contributed by atoms with van der Waals surface area (Å²) in [6.07, 6.45) is 0. The van der Waals surface area contributed by atoms with Gasteiger partial charge < -0.3 is 4.74 Å². The number of alkyl halides is 1. The first-order valence-corrected chi connectivity index (χ1v) is 7.79. The van der Waals surface area contributed by atoms with Crippen molar-refractivity contribution >= 4 is 38.6 Å². The van der Waals surface area contributed by atoms with Gasteiger partial charge in [0, 0.05) is 10.5 Å². The third-order valence-electron chi connectivity index (χ3n) is 3.31. The molecule has 1 aromatic heterocycles. The van der Waals surface area contributed by atoms with Gasteiger partial charge >= 0.3 is 0 Å². The lowest BCUT2D eigenvalue weighted by Gasteiger charge is -2.11. The van der Waals surface area contributed by atoms with Gasteiger partial charge in [0.25, 0.3) is 0 Å². The van der Waals surface area contributed by atoms with Crippen LogP contribution in [0.3, 0.4) is 0 Å². The highest BCUT2D eigenvalue weighted by atomic mass is 79.9. The molecule has 0 aliphatic carbocycles. The second-order valence-electron chi connectivity index (χ2n) is 4.76. The van der Waals surface area contributed by atoms with E-state index >= 15 is 0 Å². The lowest BCUT2D eigenvalue weighted by molar-refractivity contribution is 0.414. The molecular formula is C16H14BrClN2O. The van der Waals surface area contributed by atoms with Crippen LogP contribution in [0.2, 0.25) is 0 Å². The highest BCUT2D eigenvalue weighted by molar-refractivity contribution is 9.10. The van der Waals surface area contributed by atoms with Gasteiger partial charge in [-0.2, -0.15) is 0 Å². The van der Waals surface area contributed by atoms with Crippen LogP contribution in [-0.4, -0.2) is 16.7 Å². The fourth-order valence-corrected chi connectivity index (χ4v) is 2.86. The number of halogens is 2. The fourth-order valence-electron chi connectivity index (χ4n) is 2.36. The predicted octanol–water partition coefficient (Wildman–Crippen LogP) is 5.10. The molecule has 0 radical (unpaired) electrons. The zero-order valence-corrected chi connectivity index (χ0v) is 14.0. The summed E-state index contributed by atoms with van der Waals surface area (Å²) in [6, 6.07) is 13.9. The first-order valence-electron chi connectivity index (χ1n) is 6.56. The maximum atomic E-state index is 6.32. The van der Waals surface area contributed by atoms with E-state index in [0.717, 1.165) is 32.8 Å². The van der Waals surface area contributed by atoms with E-state index in [1.807, 2.05) is 49.4 Å². The van der Waals surface area contributed by atoms with Crippen LogP contribution in [0.5, 0.6) is 5.75 Å². The van der Waals surface area contributed by atoms with Crippen molar-refractivity contribution in [2.45, 2.75) is 12.3 Å². The quantitative estimate of drug-likeness (QED) is 0.604. The predicted molar refractivity (Wildman–Crippen MR) is 89.6 cm³/mol. The lowest BCUT2D eigenvalue weighted by atomic mass is 10.2. The largest absolute Gasteiger partial charge is 0.497 e. The maximum absolute atomic E-state index is 6.32. The minimum Gasteiger partial charge on any atom is -0.497 e. The summed E-state index contributed by atoms with van der Waals surface area (Å²) in [5, 5.41) is -0.192. The van der Waals surface area contributed by atoms with Crippen molar-refractivity contribution in [2.75, 3.05) is 7.11 Å². The standard InChI is InChI=1S/C16H14BrClN2O/c1-10(18)16-19-14-8-11(17)6-7-15(14)20(16)12-4-3-5-13(9-12)21-2/h3-10H,1-2H3. The SMILES string of the molecule is COc1cccc(-n2c(C(C)Cl)nc3cc(Br)ccc32)c1. The minimum absolute atomic E-state index is 0.192. The van der Waals surface area contributed by atoms with E-state index < -0.39 is 0 Å². The average Bonchev–Trinajstić information content (AvgIpc) is 2.86. The number of nitrogens with zero attached hydrogens (tertiary/aromatic N) is 2. The van der Waals surface area contributed by atoms with Crippen LogP contribution in [0.1, 0.15) is 18.1 Å². The first kappa shape index (κ1) is 14.4. The molecule has 0 saturated heterocycles. The maximum Gasteiger partial charge on any atom is 0.132 e. The summed E-state index contributed by atoms with van der Waals surface area (Å²) in [7, 11) is 1.66. The molecule has 0 fully saturated rings. The van der Waals surface area contributed by atoms with Crippen LogP contribution in [-0.2, 0) is 0 Å². The number of benzene rings is 2. The van der Waals surface area contributed by atoms with Gasteiger partial charge in [0.05, 0.1) is 29.2 Å². The van der Waals surface area contributed by atoms with Gasteiger partial charge in [0.2, 0.25) is 0 Å². The molecule has 21 heavy (non-hydrogen) atoms. The van der Waals surface area contributed by atoms with Gasteiger partial charge in [-0.25, -0.2) is 4.98 Å². The molecule has 0 amide bonds. The van der Waals surface area contributed by atoms with Crippen LogP contribution in [0.4, 0.5) is 0 Å². The molecule has 3 rings (SSSR count). The molecule has 0 aliphatic rings. The molecule has 0 spiro atoms. The second kappa shape index (κ2) is 5.70. The summed E-state index contributed by atoms with van der Waals surface area (Å²) in [6.45, 7) is 1.93. The number of fused-ring (bicyclic) bond motifs is 1. The summed E-state index contributed by atoms with van der Waals surface area (Å²) in [4.78, 5) is 4.67. The second-order valence-corrected chi connectivity index (χ2v) is 6.33. The van der Waals surface area contributed by atoms with Crippen LogP contribution >= 0.6 is 27.5 Å². The Hall–Kier alpha value is -1.52. The molecule has 2 aromatic carbocycles. The Balaban J connectivity index is 2.30. The zero-order valence-electron chi connectivity index (χ0n) is 11.7. The Morgan fingerprint density at radius 3 is 2.76 bits per heavy atom. The summed E-state index contributed by atoms with van der Waals surface area (Å²) >= 11 is 9.80. The number of rotatable bonds is 3. The summed E-state index contributed by atoms with van der Waals surface area (Å²) in [5.74, 6) is 1.62. The normalized spacial score (nSPS) is 12.6. The van der Waals surface area contributed by atoms with Gasteiger partial charge in [-0.15, -0.1) is 11.6 Å². The molecule has 1 atom stereocenters. The Labute approximate surface area is 136 Å². The molecule has 0 N–H and O–H groups in total.